The van der Waals surface area contributed by atoms with E-state index in [1.54, 1.807) is 6.92 Å². The Labute approximate surface area is 123 Å². The Morgan fingerprint density at radius 3 is 2.45 bits per heavy atom. The van der Waals surface area contributed by atoms with Gasteiger partial charge in [0, 0.05) is 5.56 Å². The fourth-order valence-corrected chi connectivity index (χ4v) is 1.90. The second kappa shape index (κ2) is 6.35. The van der Waals surface area contributed by atoms with Crippen LogP contribution in [0.4, 0.5) is 5.69 Å². The van der Waals surface area contributed by atoms with Crippen LogP contribution in [-0.2, 0) is 0 Å². The number of hydrogen-bond acceptors (Lipinski definition) is 2. The van der Waals surface area contributed by atoms with Gasteiger partial charge in [0.2, 0.25) is 0 Å². The number of carbonyl (C=O) groups excluding carboxylic acids is 1. The smallest absolute Gasteiger partial charge is 0.159 e. The van der Waals surface area contributed by atoms with Crippen molar-refractivity contribution < 1.29 is 4.79 Å². The number of benzene rings is 2. The van der Waals surface area contributed by atoms with Crippen molar-refractivity contribution in [3.63, 3.8) is 0 Å². The van der Waals surface area contributed by atoms with Crippen LogP contribution in [-0.4, -0.2) is 17.5 Å². The molecule has 0 saturated carbocycles. The van der Waals surface area contributed by atoms with Gasteiger partial charge in [-0.05, 0) is 36.2 Å². The molecule has 102 valence electrons. The van der Waals surface area contributed by atoms with Gasteiger partial charge in [-0.25, -0.2) is 4.99 Å². The zero-order valence-corrected chi connectivity index (χ0v) is 11.9. The molecule has 0 atom stereocenters. The predicted octanol–water partition coefficient (Wildman–Crippen LogP) is 3.78. The van der Waals surface area contributed by atoms with Gasteiger partial charge >= 0.3 is 0 Å². The molecule has 2 aromatic carbocycles. The van der Waals surface area contributed by atoms with Gasteiger partial charge in [0.15, 0.2) is 5.78 Å². The summed E-state index contributed by atoms with van der Waals surface area (Å²) in [4.78, 5) is 15.6. The molecule has 4 heteroatoms. The molecule has 0 fully saturated rings. The molecule has 0 aromatic heterocycles. The minimum absolute atomic E-state index is 0.0583. The largest absolute Gasteiger partial charge is 0.386 e. The molecular formula is C16H15ClN2O. The van der Waals surface area contributed by atoms with Crippen LogP contribution in [0.1, 0.15) is 17.3 Å². The van der Waals surface area contributed by atoms with Gasteiger partial charge in [0.25, 0.3) is 0 Å². The van der Waals surface area contributed by atoms with E-state index >= 15 is 0 Å². The monoisotopic (exact) mass is 286 g/mol. The van der Waals surface area contributed by atoms with Crippen LogP contribution in [0.5, 0.6) is 0 Å². The summed E-state index contributed by atoms with van der Waals surface area (Å²) in [7, 11) is 0. The summed E-state index contributed by atoms with van der Waals surface area (Å²) in [5.41, 5.74) is 9.07. The van der Waals surface area contributed by atoms with Gasteiger partial charge in [0.1, 0.15) is 5.84 Å². The van der Waals surface area contributed by atoms with Gasteiger partial charge in [-0.3, -0.25) is 4.79 Å². The molecule has 0 aliphatic heterocycles. The van der Waals surface area contributed by atoms with Gasteiger partial charge in [0.05, 0.1) is 11.6 Å². The molecule has 2 N–H and O–H groups in total. The number of amidine groups is 1. The Balaban J connectivity index is 2.30. The summed E-state index contributed by atoms with van der Waals surface area (Å²) < 4.78 is 0. The fraction of sp³-hybridized carbons (Fsp3) is 0.125. The number of Topliss-reactive ketones (excluding diaryl/α,β-unsaturated/α-hetero) is 1. The lowest BCUT2D eigenvalue weighted by atomic mass is 10.0. The Bertz CT molecular complexity index is 648. The maximum atomic E-state index is 11.4. The highest BCUT2D eigenvalue weighted by Crippen LogP contribution is 2.23. The van der Waals surface area contributed by atoms with E-state index in [1.165, 1.54) is 0 Å². The summed E-state index contributed by atoms with van der Waals surface area (Å²) >= 11 is 5.59. The van der Waals surface area contributed by atoms with Crippen LogP contribution in [0.2, 0.25) is 0 Å². The molecule has 20 heavy (non-hydrogen) atoms. The number of aliphatic imine (C=N–C) groups is 1. The van der Waals surface area contributed by atoms with E-state index in [0.717, 1.165) is 16.8 Å². The standard InChI is InChI=1S/C16H15ClN2O/c1-11(20)13-3-2-4-14(9-13)12-5-7-15(8-6-12)19-16(18)10-17/h2-9H,10H2,1H3,(H2,18,19). The predicted molar refractivity (Wildman–Crippen MR) is 83.9 cm³/mol. The highest BCUT2D eigenvalue weighted by Gasteiger charge is 2.02. The third-order valence-electron chi connectivity index (χ3n) is 2.88. The molecular weight excluding hydrogens is 272 g/mol. The van der Waals surface area contributed by atoms with Crippen LogP contribution in [0, 0.1) is 0 Å². The van der Waals surface area contributed by atoms with Crippen molar-refractivity contribution in [1.29, 1.82) is 0 Å². The van der Waals surface area contributed by atoms with E-state index in [2.05, 4.69) is 4.99 Å². The molecule has 0 saturated heterocycles. The topological polar surface area (TPSA) is 55.5 Å². The number of nitrogens with two attached hydrogens (primary N) is 1. The molecule has 0 aliphatic carbocycles. The average molecular weight is 287 g/mol. The van der Waals surface area contributed by atoms with Crippen LogP contribution in [0.15, 0.2) is 53.5 Å². The van der Waals surface area contributed by atoms with E-state index < -0.39 is 0 Å². The first-order chi connectivity index (χ1) is 9.60. The molecule has 0 bridgehead atoms. The Hall–Kier alpha value is -2.13. The summed E-state index contributed by atoms with van der Waals surface area (Å²) in [6, 6.07) is 15.2. The first-order valence-corrected chi connectivity index (χ1v) is 6.74. The molecule has 2 rings (SSSR count). The van der Waals surface area contributed by atoms with Crippen molar-refractivity contribution in [2.75, 3.05) is 5.88 Å². The Morgan fingerprint density at radius 1 is 1.15 bits per heavy atom. The quantitative estimate of drug-likeness (QED) is 0.402. The molecule has 2 aromatic rings. The van der Waals surface area contributed by atoms with Crippen molar-refractivity contribution >= 4 is 28.9 Å². The van der Waals surface area contributed by atoms with Crippen molar-refractivity contribution in [3.05, 3.63) is 54.1 Å². The maximum Gasteiger partial charge on any atom is 0.159 e. The van der Waals surface area contributed by atoms with Crippen molar-refractivity contribution in [3.8, 4) is 11.1 Å². The summed E-state index contributed by atoms with van der Waals surface area (Å²) in [5.74, 6) is 0.656. The Kier molecular flexibility index (Phi) is 4.53. The molecule has 3 nitrogen and oxygen atoms in total. The molecule has 0 spiro atoms. The van der Waals surface area contributed by atoms with E-state index in [0.29, 0.717) is 11.4 Å². The third-order valence-corrected chi connectivity index (χ3v) is 3.15. The molecule has 0 radical (unpaired) electrons. The lowest BCUT2D eigenvalue weighted by Gasteiger charge is -2.04. The minimum atomic E-state index is 0.0583. The number of ketones is 1. The summed E-state index contributed by atoms with van der Waals surface area (Å²) in [5, 5.41) is 0. The molecule has 0 heterocycles. The minimum Gasteiger partial charge on any atom is -0.386 e. The van der Waals surface area contributed by atoms with Crippen LogP contribution < -0.4 is 5.73 Å². The number of nitrogens with zero attached hydrogens (tertiary/aromatic N) is 1. The summed E-state index contributed by atoms with van der Waals surface area (Å²) in [6.07, 6.45) is 0. The van der Waals surface area contributed by atoms with E-state index in [4.69, 9.17) is 17.3 Å². The van der Waals surface area contributed by atoms with E-state index in [1.807, 2.05) is 48.5 Å². The fourth-order valence-electron chi connectivity index (χ4n) is 1.84. The maximum absolute atomic E-state index is 11.4. The van der Waals surface area contributed by atoms with Crippen LogP contribution >= 0.6 is 11.6 Å². The van der Waals surface area contributed by atoms with Gasteiger partial charge in [-0.15, -0.1) is 11.6 Å². The van der Waals surface area contributed by atoms with Crippen molar-refractivity contribution in [1.82, 2.24) is 0 Å². The average Bonchev–Trinajstić information content (AvgIpc) is 2.48. The van der Waals surface area contributed by atoms with Crippen LogP contribution in [0.3, 0.4) is 0 Å². The zero-order chi connectivity index (χ0) is 14.5. The number of carbonyl (C=O) groups is 1. The second-order valence-electron chi connectivity index (χ2n) is 4.42. The first-order valence-electron chi connectivity index (χ1n) is 6.20. The summed E-state index contributed by atoms with van der Waals surface area (Å²) in [6.45, 7) is 1.56. The lowest BCUT2D eigenvalue weighted by molar-refractivity contribution is 0.101. The number of halogens is 1. The Morgan fingerprint density at radius 2 is 1.85 bits per heavy atom. The van der Waals surface area contributed by atoms with E-state index in [-0.39, 0.29) is 11.7 Å². The van der Waals surface area contributed by atoms with Gasteiger partial charge in [-0.2, -0.15) is 0 Å². The molecule has 0 aliphatic rings. The zero-order valence-electron chi connectivity index (χ0n) is 11.1. The van der Waals surface area contributed by atoms with Gasteiger partial charge < -0.3 is 5.73 Å². The highest BCUT2D eigenvalue weighted by atomic mass is 35.5. The first kappa shape index (κ1) is 14.3. The number of alkyl halides is 1. The van der Waals surface area contributed by atoms with Crippen molar-refractivity contribution in [2.24, 2.45) is 10.7 Å². The van der Waals surface area contributed by atoms with Crippen molar-refractivity contribution in [2.45, 2.75) is 6.92 Å². The number of hydrogen-bond donors (Lipinski definition) is 1. The lowest BCUT2D eigenvalue weighted by Crippen LogP contribution is -2.12. The van der Waals surface area contributed by atoms with E-state index in [9.17, 15) is 4.79 Å². The van der Waals surface area contributed by atoms with Gasteiger partial charge in [-0.1, -0.05) is 30.3 Å². The highest BCUT2D eigenvalue weighted by molar-refractivity contribution is 6.28. The SMILES string of the molecule is CC(=O)c1cccc(-c2ccc(N=C(N)CCl)cc2)c1. The molecule has 0 unspecified atom stereocenters. The second-order valence-corrected chi connectivity index (χ2v) is 4.69. The van der Waals surface area contributed by atoms with Crippen LogP contribution in [0.25, 0.3) is 11.1 Å². The molecule has 0 amide bonds. The normalized spacial score (nSPS) is 11.4. The number of rotatable bonds is 4. The third kappa shape index (κ3) is 3.45.